The van der Waals surface area contributed by atoms with Gasteiger partial charge in [0.05, 0.1) is 10.2 Å². The van der Waals surface area contributed by atoms with Crippen LogP contribution in [-0.2, 0) is 9.47 Å². The average molecular weight is 191 g/mol. The summed E-state index contributed by atoms with van der Waals surface area (Å²) in [5, 5.41) is 3.24. The summed E-state index contributed by atoms with van der Waals surface area (Å²) in [6.07, 6.45) is 0. The molecule has 0 aliphatic rings. The summed E-state index contributed by atoms with van der Waals surface area (Å²) in [5.41, 5.74) is -0.320. The van der Waals surface area contributed by atoms with Crippen molar-refractivity contribution in [2.75, 3.05) is 26.3 Å². The van der Waals surface area contributed by atoms with Crippen molar-refractivity contribution >= 4 is 10.2 Å². The van der Waals surface area contributed by atoms with Crippen molar-refractivity contribution in [1.29, 1.82) is 0 Å². The van der Waals surface area contributed by atoms with Gasteiger partial charge in [0, 0.05) is 19.8 Å². The van der Waals surface area contributed by atoms with Gasteiger partial charge in [0.2, 0.25) is 0 Å². The summed E-state index contributed by atoms with van der Waals surface area (Å²) in [6.45, 7) is 9.28. The Kier molecular flexibility index (Phi) is 6.65. The van der Waals surface area contributed by atoms with Gasteiger partial charge in [-0.15, -0.1) is 0 Å². The first-order valence-corrected chi connectivity index (χ1v) is 5.67. The van der Waals surface area contributed by atoms with Crippen molar-refractivity contribution in [2.24, 2.45) is 0 Å². The molecular formula is C8H21NO2Si. The van der Waals surface area contributed by atoms with Gasteiger partial charge in [0.15, 0.2) is 5.41 Å². The van der Waals surface area contributed by atoms with Crippen LogP contribution < -0.4 is 5.32 Å². The monoisotopic (exact) mass is 191 g/mol. The van der Waals surface area contributed by atoms with Gasteiger partial charge in [-0.25, -0.2) is 0 Å². The minimum atomic E-state index is -0.320. The maximum Gasteiger partial charge on any atom is 0.153 e. The Balaban J connectivity index is 3.80. The normalized spacial score (nSPS) is 12.2. The molecule has 0 aromatic rings. The minimum absolute atomic E-state index is 0.320. The molecule has 0 spiro atoms. The lowest BCUT2D eigenvalue weighted by molar-refractivity contribution is -0.169. The van der Waals surface area contributed by atoms with Gasteiger partial charge in [-0.2, -0.15) is 0 Å². The van der Waals surface area contributed by atoms with Gasteiger partial charge < -0.3 is 14.8 Å². The Hall–Kier alpha value is 0.0969. The van der Waals surface area contributed by atoms with Crippen molar-refractivity contribution < 1.29 is 9.47 Å². The summed E-state index contributed by atoms with van der Waals surface area (Å²) in [7, 11) is 0.895. The number of ether oxygens (including phenoxy) is 2. The highest BCUT2D eigenvalue weighted by Crippen LogP contribution is 2.06. The predicted molar refractivity (Wildman–Crippen MR) is 54.5 cm³/mol. The fourth-order valence-corrected chi connectivity index (χ4v) is 1.93. The molecular weight excluding hydrogens is 170 g/mol. The smallest absolute Gasteiger partial charge is 0.153 e. The van der Waals surface area contributed by atoms with Crippen LogP contribution in [0, 0.1) is 0 Å². The van der Waals surface area contributed by atoms with Crippen LogP contribution in [0.3, 0.4) is 0 Å². The lowest BCUT2D eigenvalue weighted by atomic mass is 10.5. The van der Waals surface area contributed by atoms with E-state index in [1.165, 1.54) is 0 Å². The fraction of sp³-hybridized carbons (Fsp3) is 1.00. The molecule has 0 aliphatic carbocycles. The maximum absolute atomic E-state index is 5.55. The van der Waals surface area contributed by atoms with Crippen LogP contribution >= 0.6 is 0 Å². The third-order valence-corrected chi connectivity index (χ3v) is 2.53. The molecule has 12 heavy (non-hydrogen) atoms. The van der Waals surface area contributed by atoms with E-state index in [-0.39, 0.29) is 5.41 Å². The summed E-state index contributed by atoms with van der Waals surface area (Å²) in [6, 6.07) is 0. The molecule has 0 aromatic carbocycles. The Bertz CT molecular complexity index is 105. The molecule has 0 bridgehead atoms. The maximum atomic E-state index is 5.55. The first-order chi connectivity index (χ1) is 5.68. The standard InChI is InChI=1S/C8H21NO2Si/c1-4-9-7-8(12,10-5-2)11-6-3/h9H,4-7H2,1-3,12H3. The lowest BCUT2D eigenvalue weighted by Crippen LogP contribution is -2.46. The first kappa shape index (κ1) is 12.1. The zero-order valence-corrected chi connectivity index (χ0v) is 10.6. The predicted octanol–water partition coefficient (Wildman–Crippen LogP) is -0.312. The molecule has 0 unspecified atom stereocenters. The summed E-state index contributed by atoms with van der Waals surface area (Å²) in [4.78, 5) is 0. The van der Waals surface area contributed by atoms with Crippen LogP contribution in [-0.4, -0.2) is 42.0 Å². The number of hydrogen-bond acceptors (Lipinski definition) is 3. The van der Waals surface area contributed by atoms with Crippen LogP contribution in [0.5, 0.6) is 0 Å². The van der Waals surface area contributed by atoms with Gasteiger partial charge in [-0.1, -0.05) is 6.92 Å². The first-order valence-electron chi connectivity index (χ1n) is 4.67. The van der Waals surface area contributed by atoms with Crippen molar-refractivity contribution in [3.05, 3.63) is 0 Å². The SMILES string of the molecule is CCNCC([SiH3])(OCC)OCC. The van der Waals surface area contributed by atoms with E-state index in [4.69, 9.17) is 9.47 Å². The third-order valence-electron chi connectivity index (χ3n) is 1.60. The molecule has 0 rings (SSSR count). The van der Waals surface area contributed by atoms with Gasteiger partial charge in [0.1, 0.15) is 0 Å². The molecule has 0 atom stereocenters. The molecule has 0 saturated carbocycles. The number of nitrogens with one attached hydrogen (secondary N) is 1. The molecule has 3 nitrogen and oxygen atoms in total. The van der Waals surface area contributed by atoms with E-state index in [1.807, 2.05) is 13.8 Å². The van der Waals surface area contributed by atoms with Gasteiger partial charge in [-0.3, -0.25) is 0 Å². The second kappa shape index (κ2) is 6.60. The van der Waals surface area contributed by atoms with Gasteiger partial charge in [0.25, 0.3) is 0 Å². The Labute approximate surface area is 78.2 Å². The average Bonchev–Trinajstić information content (AvgIpc) is 2.02. The van der Waals surface area contributed by atoms with E-state index >= 15 is 0 Å². The molecule has 0 fully saturated rings. The zero-order chi connectivity index (χ0) is 9.45. The quantitative estimate of drug-likeness (QED) is 0.442. The van der Waals surface area contributed by atoms with Crippen molar-refractivity contribution in [3.8, 4) is 0 Å². The highest BCUT2D eigenvalue weighted by atomic mass is 28.1. The Morgan fingerprint density at radius 2 is 1.67 bits per heavy atom. The molecule has 0 heterocycles. The highest BCUT2D eigenvalue weighted by Gasteiger charge is 2.23. The topological polar surface area (TPSA) is 30.5 Å². The van der Waals surface area contributed by atoms with Crippen LogP contribution in [0.2, 0.25) is 0 Å². The van der Waals surface area contributed by atoms with Crippen molar-refractivity contribution in [3.63, 3.8) is 0 Å². The van der Waals surface area contributed by atoms with Crippen LogP contribution in [0.25, 0.3) is 0 Å². The van der Waals surface area contributed by atoms with Gasteiger partial charge >= 0.3 is 0 Å². The summed E-state index contributed by atoms with van der Waals surface area (Å²) >= 11 is 0. The van der Waals surface area contributed by atoms with E-state index in [0.29, 0.717) is 0 Å². The van der Waals surface area contributed by atoms with Crippen molar-refractivity contribution in [1.82, 2.24) is 5.32 Å². The van der Waals surface area contributed by atoms with Gasteiger partial charge in [-0.05, 0) is 20.4 Å². The van der Waals surface area contributed by atoms with E-state index in [1.54, 1.807) is 0 Å². The minimum Gasteiger partial charge on any atom is -0.354 e. The summed E-state index contributed by atoms with van der Waals surface area (Å²) in [5.74, 6) is 0. The molecule has 1 N–H and O–H groups in total. The molecule has 74 valence electrons. The number of likely N-dealkylation sites (N-methyl/N-ethyl adjacent to an activating group) is 1. The molecule has 0 aromatic heterocycles. The molecule has 0 saturated heterocycles. The third kappa shape index (κ3) is 4.87. The second-order valence-corrected chi connectivity index (χ2v) is 4.30. The fourth-order valence-electron chi connectivity index (χ4n) is 1.11. The number of hydrogen-bond donors (Lipinski definition) is 1. The van der Waals surface area contributed by atoms with Crippen LogP contribution in [0.4, 0.5) is 0 Å². The molecule has 0 radical (unpaired) electrons. The van der Waals surface area contributed by atoms with Crippen molar-refractivity contribution in [2.45, 2.75) is 26.2 Å². The van der Waals surface area contributed by atoms with E-state index in [0.717, 1.165) is 36.5 Å². The largest absolute Gasteiger partial charge is 0.354 e. The van der Waals surface area contributed by atoms with E-state index in [9.17, 15) is 0 Å². The molecule has 0 amide bonds. The van der Waals surface area contributed by atoms with E-state index in [2.05, 4.69) is 12.2 Å². The molecule has 4 heteroatoms. The second-order valence-electron chi connectivity index (χ2n) is 2.78. The van der Waals surface area contributed by atoms with E-state index < -0.39 is 0 Å². The Morgan fingerprint density at radius 1 is 1.17 bits per heavy atom. The number of rotatable bonds is 7. The summed E-state index contributed by atoms with van der Waals surface area (Å²) < 4.78 is 11.1. The lowest BCUT2D eigenvalue weighted by Gasteiger charge is -2.29. The molecule has 0 aliphatic heterocycles. The highest BCUT2D eigenvalue weighted by molar-refractivity contribution is 6.13. The zero-order valence-electron chi connectivity index (χ0n) is 8.64. The Morgan fingerprint density at radius 3 is 2.00 bits per heavy atom. The van der Waals surface area contributed by atoms with Crippen LogP contribution in [0.15, 0.2) is 0 Å². The van der Waals surface area contributed by atoms with Crippen LogP contribution in [0.1, 0.15) is 20.8 Å².